The highest BCUT2D eigenvalue weighted by Gasteiger charge is 2.30. The highest BCUT2D eigenvalue weighted by Crippen LogP contribution is 2.30. The van der Waals surface area contributed by atoms with Gasteiger partial charge in [-0.2, -0.15) is 5.26 Å². The maximum Gasteiger partial charge on any atom is 0.237 e. The van der Waals surface area contributed by atoms with Gasteiger partial charge < -0.3 is 20.4 Å². The van der Waals surface area contributed by atoms with E-state index in [-0.39, 0.29) is 18.0 Å². The van der Waals surface area contributed by atoms with Crippen molar-refractivity contribution < 1.29 is 4.79 Å². The van der Waals surface area contributed by atoms with Crippen molar-refractivity contribution in [3.63, 3.8) is 0 Å². The minimum absolute atomic E-state index is 0.0118. The van der Waals surface area contributed by atoms with Crippen LogP contribution >= 0.6 is 0 Å². The number of nitrogens with zero attached hydrogens (tertiary/aromatic N) is 3. The number of amides is 1. The van der Waals surface area contributed by atoms with Crippen LogP contribution in [0.15, 0.2) is 18.2 Å². The van der Waals surface area contributed by atoms with Gasteiger partial charge >= 0.3 is 0 Å². The van der Waals surface area contributed by atoms with Crippen molar-refractivity contribution in [3.05, 3.63) is 23.8 Å². The van der Waals surface area contributed by atoms with E-state index in [4.69, 9.17) is 0 Å². The zero-order chi connectivity index (χ0) is 17.2. The predicted octanol–water partition coefficient (Wildman–Crippen LogP) is 1.22. The summed E-state index contributed by atoms with van der Waals surface area (Å²) in [5, 5.41) is 15.8. The van der Waals surface area contributed by atoms with Gasteiger partial charge in [0.15, 0.2) is 0 Å². The highest BCUT2D eigenvalue weighted by molar-refractivity contribution is 5.83. The number of nitriles is 1. The Hall–Kier alpha value is -2.26. The Labute approximate surface area is 148 Å². The van der Waals surface area contributed by atoms with E-state index in [2.05, 4.69) is 38.6 Å². The number of hydrogen-bond donors (Lipinski definition) is 2. The first-order valence-corrected chi connectivity index (χ1v) is 9.32. The molecule has 1 aromatic carbocycles. The Bertz CT molecular complexity index is 688. The van der Waals surface area contributed by atoms with Crippen LogP contribution in [-0.2, 0) is 4.79 Å². The second kappa shape index (κ2) is 6.93. The third-order valence-electron chi connectivity index (χ3n) is 5.59. The first-order valence-electron chi connectivity index (χ1n) is 9.32. The first kappa shape index (κ1) is 16.2. The molecule has 0 aliphatic carbocycles. The second-order valence-electron chi connectivity index (χ2n) is 7.24. The Morgan fingerprint density at radius 3 is 2.68 bits per heavy atom. The van der Waals surface area contributed by atoms with Gasteiger partial charge in [-0.1, -0.05) is 0 Å². The predicted molar refractivity (Wildman–Crippen MR) is 97.8 cm³/mol. The lowest BCUT2D eigenvalue weighted by Crippen LogP contribution is -2.55. The van der Waals surface area contributed by atoms with Crippen LogP contribution in [0.1, 0.15) is 31.2 Å². The van der Waals surface area contributed by atoms with Crippen LogP contribution in [0.3, 0.4) is 0 Å². The molecule has 25 heavy (non-hydrogen) atoms. The van der Waals surface area contributed by atoms with Crippen LogP contribution < -0.4 is 20.4 Å². The Morgan fingerprint density at radius 2 is 2.00 bits per heavy atom. The van der Waals surface area contributed by atoms with Crippen LogP contribution in [0.25, 0.3) is 0 Å². The monoisotopic (exact) mass is 339 g/mol. The molecule has 0 saturated carbocycles. The normalized spacial score (nSPS) is 25.6. The van der Waals surface area contributed by atoms with E-state index in [0.717, 1.165) is 56.8 Å². The van der Waals surface area contributed by atoms with Gasteiger partial charge in [0.25, 0.3) is 0 Å². The lowest BCUT2D eigenvalue weighted by molar-refractivity contribution is -0.125. The minimum atomic E-state index is -0.0118. The van der Waals surface area contributed by atoms with Crippen molar-refractivity contribution in [1.82, 2.24) is 10.6 Å². The van der Waals surface area contributed by atoms with Crippen molar-refractivity contribution in [2.75, 3.05) is 42.5 Å². The molecule has 6 nitrogen and oxygen atoms in total. The van der Waals surface area contributed by atoms with Crippen LogP contribution in [-0.4, -0.2) is 50.7 Å². The molecule has 4 rings (SSSR count). The van der Waals surface area contributed by atoms with Gasteiger partial charge in [-0.3, -0.25) is 4.79 Å². The van der Waals surface area contributed by atoms with Crippen LogP contribution in [0, 0.1) is 11.3 Å². The van der Waals surface area contributed by atoms with Gasteiger partial charge in [0, 0.05) is 37.9 Å². The summed E-state index contributed by atoms with van der Waals surface area (Å²) in [5.41, 5.74) is 2.93. The third kappa shape index (κ3) is 3.29. The molecule has 3 fully saturated rings. The molecular weight excluding hydrogens is 314 g/mol. The number of benzene rings is 1. The van der Waals surface area contributed by atoms with Gasteiger partial charge in [0.1, 0.15) is 6.07 Å². The summed E-state index contributed by atoms with van der Waals surface area (Å²) >= 11 is 0. The molecular formula is C19H25N5O. The van der Waals surface area contributed by atoms with Crippen molar-refractivity contribution >= 4 is 17.3 Å². The van der Waals surface area contributed by atoms with Crippen LogP contribution in [0.4, 0.5) is 11.4 Å². The van der Waals surface area contributed by atoms with E-state index in [1.165, 1.54) is 18.5 Å². The van der Waals surface area contributed by atoms with Gasteiger partial charge in [0.05, 0.1) is 17.3 Å². The van der Waals surface area contributed by atoms with E-state index in [0.29, 0.717) is 0 Å². The minimum Gasteiger partial charge on any atom is -0.371 e. The van der Waals surface area contributed by atoms with Crippen molar-refractivity contribution in [2.45, 2.75) is 37.8 Å². The zero-order valence-electron chi connectivity index (χ0n) is 14.5. The quantitative estimate of drug-likeness (QED) is 0.863. The molecule has 3 aliphatic rings. The van der Waals surface area contributed by atoms with Gasteiger partial charge in [-0.05, 0) is 50.4 Å². The SMILES string of the molecule is N#Cc1ccc(N2CCCC2)cc1N1CC[C@H](NC(=O)[C@@H]2CCN2)C1. The summed E-state index contributed by atoms with van der Waals surface area (Å²) in [6, 6.07) is 8.63. The molecule has 1 amide bonds. The molecule has 0 bridgehead atoms. The molecule has 3 heterocycles. The fourth-order valence-corrected chi connectivity index (χ4v) is 3.96. The summed E-state index contributed by atoms with van der Waals surface area (Å²) < 4.78 is 0. The summed E-state index contributed by atoms with van der Waals surface area (Å²) in [4.78, 5) is 16.8. The lowest BCUT2D eigenvalue weighted by atomic mass is 10.1. The Morgan fingerprint density at radius 1 is 1.20 bits per heavy atom. The standard InChI is InChI=1S/C19H25N5O/c20-12-14-3-4-16(23-8-1-2-9-23)11-18(14)24-10-6-15(13-24)22-19(25)17-5-7-21-17/h3-4,11,15,17,21H,1-2,5-10,13H2,(H,22,25)/t15-,17-/m0/s1. The Balaban J connectivity index is 1.46. The van der Waals surface area contributed by atoms with Crippen LogP contribution in [0.5, 0.6) is 0 Å². The van der Waals surface area contributed by atoms with E-state index < -0.39 is 0 Å². The summed E-state index contributed by atoms with van der Waals surface area (Å²) in [7, 11) is 0. The summed E-state index contributed by atoms with van der Waals surface area (Å²) in [6.45, 7) is 4.78. The van der Waals surface area contributed by atoms with E-state index in [1.54, 1.807) is 0 Å². The number of carbonyl (C=O) groups is 1. The summed E-state index contributed by atoms with van der Waals surface area (Å²) in [6.07, 6.45) is 4.33. The van der Waals surface area contributed by atoms with Crippen molar-refractivity contribution in [3.8, 4) is 6.07 Å². The number of rotatable bonds is 4. The van der Waals surface area contributed by atoms with Crippen molar-refractivity contribution in [2.24, 2.45) is 0 Å². The van der Waals surface area contributed by atoms with Crippen molar-refractivity contribution in [1.29, 1.82) is 5.26 Å². The summed E-state index contributed by atoms with van der Waals surface area (Å²) in [5.74, 6) is 0.115. The van der Waals surface area contributed by atoms with Crippen LogP contribution in [0.2, 0.25) is 0 Å². The van der Waals surface area contributed by atoms with E-state index in [9.17, 15) is 10.1 Å². The topological polar surface area (TPSA) is 71.4 Å². The molecule has 2 N–H and O–H groups in total. The fourth-order valence-electron chi connectivity index (χ4n) is 3.96. The molecule has 0 unspecified atom stereocenters. The maximum atomic E-state index is 12.1. The first-order chi connectivity index (χ1) is 12.2. The van der Waals surface area contributed by atoms with Gasteiger partial charge in [-0.15, -0.1) is 0 Å². The molecule has 6 heteroatoms. The lowest BCUT2D eigenvalue weighted by Gasteiger charge is -2.28. The maximum absolute atomic E-state index is 12.1. The fraction of sp³-hybridized carbons (Fsp3) is 0.579. The highest BCUT2D eigenvalue weighted by atomic mass is 16.2. The van der Waals surface area contributed by atoms with Gasteiger partial charge in [-0.25, -0.2) is 0 Å². The Kier molecular flexibility index (Phi) is 4.50. The average Bonchev–Trinajstić information content (AvgIpc) is 3.24. The number of anilines is 2. The molecule has 3 saturated heterocycles. The second-order valence-corrected chi connectivity index (χ2v) is 7.24. The molecule has 1 aromatic rings. The van der Waals surface area contributed by atoms with E-state index in [1.807, 2.05) is 6.07 Å². The zero-order valence-corrected chi connectivity index (χ0v) is 14.5. The number of nitrogens with one attached hydrogen (secondary N) is 2. The molecule has 0 spiro atoms. The number of hydrogen-bond acceptors (Lipinski definition) is 5. The smallest absolute Gasteiger partial charge is 0.237 e. The third-order valence-corrected chi connectivity index (χ3v) is 5.59. The molecule has 0 aromatic heterocycles. The molecule has 3 aliphatic heterocycles. The van der Waals surface area contributed by atoms with Gasteiger partial charge in [0.2, 0.25) is 5.91 Å². The molecule has 0 radical (unpaired) electrons. The molecule has 132 valence electrons. The molecule has 2 atom stereocenters. The van der Waals surface area contributed by atoms with E-state index >= 15 is 0 Å². The largest absolute Gasteiger partial charge is 0.371 e. The number of carbonyl (C=O) groups excluding carboxylic acids is 1. The average molecular weight is 339 g/mol.